The van der Waals surface area contributed by atoms with Gasteiger partial charge in [-0.3, -0.25) is 4.79 Å². The van der Waals surface area contributed by atoms with Crippen molar-refractivity contribution in [3.63, 3.8) is 0 Å². The van der Waals surface area contributed by atoms with Crippen LogP contribution in [0.2, 0.25) is 0 Å². The average Bonchev–Trinajstić information content (AvgIpc) is 3.32. The molecule has 1 N–H and O–H groups in total. The van der Waals surface area contributed by atoms with Crippen molar-refractivity contribution >= 4 is 12.0 Å². The maximum Gasteiger partial charge on any atom is 0.314 e. The summed E-state index contributed by atoms with van der Waals surface area (Å²) in [6, 6.07) is 13.2. The average molecular weight is 505 g/mol. The van der Waals surface area contributed by atoms with Gasteiger partial charge in [-0.1, -0.05) is 83.0 Å². The smallest absolute Gasteiger partial charge is 0.314 e. The minimum atomic E-state index is -0.741. The first-order valence-corrected chi connectivity index (χ1v) is 13.9. The molecule has 0 radical (unpaired) electrons. The van der Waals surface area contributed by atoms with Crippen LogP contribution in [0.1, 0.15) is 100 Å². The number of hydrogen-bond acceptors (Lipinski definition) is 4. The number of carbonyl (C=O) groups is 1. The SMILES string of the molecule is CCCCC(O)(C=Cc1ccc(C(CC)(CC)c2ccc(OCC3=CCC(=O)O3)c(C)c2)cc1C)CC. The lowest BCUT2D eigenvalue weighted by molar-refractivity contribution is -0.136. The standard InChI is InChI=1S/C33H44O4/c1-7-11-19-32(35,8-2)20-18-26-12-13-27(21-24(26)5)33(9-3,10-4)28-14-16-30(25(6)22-28)36-23-29-15-17-31(34)37-29/h12-16,18,20-22,35H,7-11,17,19,23H2,1-6H3. The van der Waals surface area contributed by atoms with Gasteiger partial charge in [0.05, 0.1) is 12.0 Å². The van der Waals surface area contributed by atoms with Crippen molar-refractivity contribution in [3.05, 3.63) is 82.1 Å². The fourth-order valence-corrected chi connectivity index (χ4v) is 5.27. The first-order chi connectivity index (χ1) is 17.7. The van der Waals surface area contributed by atoms with Crippen LogP contribution in [0.25, 0.3) is 6.08 Å². The van der Waals surface area contributed by atoms with Crippen molar-refractivity contribution in [1.29, 1.82) is 0 Å². The first-order valence-electron chi connectivity index (χ1n) is 13.9. The normalized spacial score (nSPS) is 15.5. The molecule has 4 heteroatoms. The van der Waals surface area contributed by atoms with Gasteiger partial charge in [-0.15, -0.1) is 0 Å². The molecule has 0 saturated heterocycles. The van der Waals surface area contributed by atoms with Crippen LogP contribution in [0.5, 0.6) is 5.75 Å². The summed E-state index contributed by atoms with van der Waals surface area (Å²) in [5.74, 6) is 1.16. The summed E-state index contributed by atoms with van der Waals surface area (Å²) in [6.45, 7) is 13.2. The molecule has 3 rings (SSSR count). The number of cyclic esters (lactones) is 1. The molecule has 0 spiro atoms. The molecule has 0 fully saturated rings. The summed E-state index contributed by atoms with van der Waals surface area (Å²) in [5.41, 5.74) is 5.16. The monoisotopic (exact) mass is 504 g/mol. The molecule has 1 heterocycles. The summed E-state index contributed by atoms with van der Waals surface area (Å²) in [5, 5.41) is 10.9. The highest BCUT2D eigenvalue weighted by molar-refractivity contribution is 5.75. The summed E-state index contributed by atoms with van der Waals surface area (Å²) >= 11 is 0. The third-order valence-electron chi connectivity index (χ3n) is 8.02. The van der Waals surface area contributed by atoms with E-state index < -0.39 is 5.60 Å². The van der Waals surface area contributed by atoms with E-state index in [1.54, 1.807) is 6.08 Å². The van der Waals surface area contributed by atoms with Gasteiger partial charge in [0.2, 0.25) is 0 Å². The van der Waals surface area contributed by atoms with E-state index in [4.69, 9.17) is 9.47 Å². The predicted octanol–water partition coefficient (Wildman–Crippen LogP) is 7.96. The van der Waals surface area contributed by atoms with Crippen LogP contribution >= 0.6 is 0 Å². The summed E-state index contributed by atoms with van der Waals surface area (Å²) in [6.07, 6.45) is 11.8. The van der Waals surface area contributed by atoms with Gasteiger partial charge in [0.25, 0.3) is 0 Å². The molecule has 0 saturated carbocycles. The van der Waals surface area contributed by atoms with Crippen molar-refractivity contribution in [2.24, 2.45) is 0 Å². The second kappa shape index (κ2) is 12.6. The van der Waals surface area contributed by atoms with Crippen molar-refractivity contribution < 1.29 is 19.4 Å². The van der Waals surface area contributed by atoms with Crippen molar-refractivity contribution in [2.75, 3.05) is 6.61 Å². The second-order valence-corrected chi connectivity index (χ2v) is 10.4. The van der Waals surface area contributed by atoms with E-state index in [-0.39, 0.29) is 18.0 Å². The lowest BCUT2D eigenvalue weighted by Crippen LogP contribution is -2.26. The van der Waals surface area contributed by atoms with E-state index in [2.05, 4.69) is 71.0 Å². The molecule has 0 aromatic heterocycles. The Morgan fingerprint density at radius 3 is 2.19 bits per heavy atom. The van der Waals surface area contributed by atoms with Crippen LogP contribution in [0.4, 0.5) is 0 Å². The Morgan fingerprint density at radius 1 is 0.973 bits per heavy atom. The molecule has 1 atom stereocenters. The lowest BCUT2D eigenvalue weighted by atomic mass is 9.70. The van der Waals surface area contributed by atoms with Gasteiger partial charge in [0.1, 0.15) is 18.1 Å². The topological polar surface area (TPSA) is 55.8 Å². The van der Waals surface area contributed by atoms with Gasteiger partial charge in [0.15, 0.2) is 0 Å². The zero-order chi connectivity index (χ0) is 27.1. The molecule has 200 valence electrons. The molecule has 1 aliphatic heterocycles. The van der Waals surface area contributed by atoms with Gasteiger partial charge in [-0.25, -0.2) is 0 Å². The quantitative estimate of drug-likeness (QED) is 0.281. The number of esters is 1. The zero-order valence-electron chi connectivity index (χ0n) is 23.5. The molecule has 2 aromatic carbocycles. The van der Waals surface area contributed by atoms with E-state index in [9.17, 15) is 9.90 Å². The van der Waals surface area contributed by atoms with Crippen molar-refractivity contribution in [3.8, 4) is 5.75 Å². The molecule has 1 unspecified atom stereocenters. The maximum absolute atomic E-state index is 11.3. The molecule has 0 aliphatic carbocycles. The molecule has 1 aliphatic rings. The van der Waals surface area contributed by atoms with Crippen LogP contribution in [-0.4, -0.2) is 23.3 Å². The Morgan fingerprint density at radius 2 is 1.65 bits per heavy atom. The third kappa shape index (κ3) is 6.73. The maximum atomic E-state index is 11.3. The van der Waals surface area contributed by atoms with Gasteiger partial charge in [-0.05, 0) is 79.5 Å². The van der Waals surface area contributed by atoms with Crippen LogP contribution in [0.15, 0.2) is 54.3 Å². The first kappa shape index (κ1) is 28.7. The molecule has 37 heavy (non-hydrogen) atoms. The Bertz CT molecular complexity index is 1140. The molecule has 2 aromatic rings. The van der Waals surface area contributed by atoms with Crippen LogP contribution in [0, 0.1) is 13.8 Å². The van der Waals surface area contributed by atoms with E-state index >= 15 is 0 Å². The Kier molecular flexibility index (Phi) is 9.78. The summed E-state index contributed by atoms with van der Waals surface area (Å²) < 4.78 is 11.1. The number of hydrogen-bond donors (Lipinski definition) is 1. The largest absolute Gasteiger partial charge is 0.485 e. The van der Waals surface area contributed by atoms with Crippen molar-refractivity contribution in [2.45, 2.75) is 97.5 Å². The fourth-order valence-electron chi connectivity index (χ4n) is 5.27. The van der Waals surface area contributed by atoms with Gasteiger partial charge in [0, 0.05) is 5.41 Å². The highest BCUT2D eigenvalue weighted by Crippen LogP contribution is 2.41. The van der Waals surface area contributed by atoms with Gasteiger partial charge < -0.3 is 14.6 Å². The number of unbranched alkanes of at least 4 members (excludes halogenated alkanes) is 1. The molecule has 0 bridgehead atoms. The number of rotatable bonds is 13. The number of aliphatic hydroxyl groups is 1. The number of carbonyl (C=O) groups excluding carboxylic acids is 1. The summed E-state index contributed by atoms with van der Waals surface area (Å²) in [4.78, 5) is 11.3. The van der Waals surface area contributed by atoms with Crippen LogP contribution in [0.3, 0.4) is 0 Å². The van der Waals surface area contributed by atoms with E-state index in [0.29, 0.717) is 12.2 Å². The summed E-state index contributed by atoms with van der Waals surface area (Å²) in [7, 11) is 0. The van der Waals surface area contributed by atoms with Crippen LogP contribution < -0.4 is 4.74 Å². The number of benzene rings is 2. The number of ether oxygens (including phenoxy) is 2. The molecule has 4 nitrogen and oxygen atoms in total. The third-order valence-corrected chi connectivity index (χ3v) is 8.02. The molecular weight excluding hydrogens is 460 g/mol. The van der Waals surface area contributed by atoms with E-state index in [1.165, 1.54) is 16.7 Å². The highest BCUT2D eigenvalue weighted by atomic mass is 16.6. The fraction of sp³-hybridized carbons (Fsp3) is 0.485. The Hall–Kier alpha value is -2.85. The Labute approximate surface area is 223 Å². The minimum absolute atomic E-state index is 0.106. The molecule has 0 amide bonds. The highest BCUT2D eigenvalue weighted by Gasteiger charge is 2.31. The predicted molar refractivity (Wildman–Crippen MR) is 152 cm³/mol. The van der Waals surface area contributed by atoms with Gasteiger partial charge >= 0.3 is 5.97 Å². The minimum Gasteiger partial charge on any atom is -0.485 e. The number of aryl methyl sites for hydroxylation is 2. The van der Waals surface area contributed by atoms with Crippen LogP contribution in [-0.2, 0) is 14.9 Å². The molecular formula is C33H44O4. The van der Waals surface area contributed by atoms with Gasteiger partial charge in [-0.2, -0.15) is 0 Å². The van der Waals surface area contributed by atoms with E-state index in [0.717, 1.165) is 55.4 Å². The second-order valence-electron chi connectivity index (χ2n) is 10.4. The van der Waals surface area contributed by atoms with Crippen molar-refractivity contribution in [1.82, 2.24) is 0 Å². The zero-order valence-corrected chi connectivity index (χ0v) is 23.5. The van der Waals surface area contributed by atoms with E-state index in [1.807, 2.05) is 19.1 Å². The Balaban J connectivity index is 1.85. The lowest BCUT2D eigenvalue weighted by Gasteiger charge is -2.34.